The molecule has 0 unspecified atom stereocenters. The van der Waals surface area contributed by atoms with Crippen LogP contribution in [0.3, 0.4) is 0 Å². The smallest absolute Gasteiger partial charge is 0.339 e. The van der Waals surface area contributed by atoms with Gasteiger partial charge in [0.2, 0.25) is 0 Å². The van der Waals surface area contributed by atoms with Crippen molar-refractivity contribution in [2.75, 3.05) is 18.5 Å². The topological polar surface area (TPSA) is 103 Å². The van der Waals surface area contributed by atoms with Crippen molar-refractivity contribution in [1.82, 2.24) is 4.98 Å². The standard InChI is InChI=1S/C11H16N2O4/c1-7-3-9(8(4-12-7)10(16)17)13-11(2,5-14)6-15/h3-4,14-15H,5-6H2,1-2H3,(H,12,13)(H,16,17). The van der Waals surface area contributed by atoms with Crippen LogP contribution in [0.4, 0.5) is 5.69 Å². The largest absolute Gasteiger partial charge is 0.478 e. The number of nitrogens with one attached hydrogen (secondary N) is 1. The zero-order chi connectivity index (χ0) is 13.1. The van der Waals surface area contributed by atoms with Crippen molar-refractivity contribution in [2.24, 2.45) is 0 Å². The van der Waals surface area contributed by atoms with Crippen molar-refractivity contribution in [1.29, 1.82) is 0 Å². The minimum atomic E-state index is -1.11. The number of carboxylic acids is 1. The summed E-state index contributed by atoms with van der Waals surface area (Å²) in [6.07, 6.45) is 1.25. The number of aromatic carboxylic acids is 1. The number of carboxylic acid groups (broad SMARTS) is 1. The van der Waals surface area contributed by atoms with E-state index in [1.165, 1.54) is 6.20 Å². The molecule has 6 heteroatoms. The molecule has 1 aromatic heterocycles. The number of aliphatic hydroxyl groups excluding tert-OH is 2. The summed E-state index contributed by atoms with van der Waals surface area (Å²) >= 11 is 0. The van der Waals surface area contributed by atoms with Crippen LogP contribution in [-0.4, -0.2) is 45.0 Å². The molecule has 0 saturated carbocycles. The summed E-state index contributed by atoms with van der Waals surface area (Å²) in [6, 6.07) is 1.56. The van der Waals surface area contributed by atoms with Crippen molar-refractivity contribution in [3.8, 4) is 0 Å². The van der Waals surface area contributed by atoms with E-state index in [9.17, 15) is 4.79 Å². The number of pyridine rings is 1. The molecule has 0 aliphatic carbocycles. The van der Waals surface area contributed by atoms with Crippen LogP contribution in [0.25, 0.3) is 0 Å². The Kier molecular flexibility index (Phi) is 4.03. The van der Waals surface area contributed by atoms with Crippen molar-refractivity contribution in [3.63, 3.8) is 0 Å². The number of anilines is 1. The van der Waals surface area contributed by atoms with E-state index >= 15 is 0 Å². The van der Waals surface area contributed by atoms with Gasteiger partial charge in [0.1, 0.15) is 5.56 Å². The number of carbonyl (C=O) groups is 1. The van der Waals surface area contributed by atoms with Gasteiger partial charge in [-0.15, -0.1) is 0 Å². The zero-order valence-electron chi connectivity index (χ0n) is 9.77. The Labute approximate surface area is 98.9 Å². The normalized spacial score (nSPS) is 11.3. The molecule has 0 aliphatic heterocycles. The molecule has 4 N–H and O–H groups in total. The van der Waals surface area contributed by atoms with E-state index in [1.807, 2.05) is 0 Å². The first-order chi connectivity index (χ1) is 7.91. The molecule has 1 heterocycles. The van der Waals surface area contributed by atoms with Gasteiger partial charge in [0.05, 0.1) is 24.4 Å². The maximum absolute atomic E-state index is 11.0. The lowest BCUT2D eigenvalue weighted by atomic mass is 10.0. The Morgan fingerprint density at radius 3 is 2.53 bits per heavy atom. The fourth-order valence-electron chi connectivity index (χ4n) is 1.29. The summed E-state index contributed by atoms with van der Waals surface area (Å²) in [5.74, 6) is -1.11. The molecule has 6 nitrogen and oxygen atoms in total. The third-order valence-electron chi connectivity index (χ3n) is 2.41. The summed E-state index contributed by atoms with van der Waals surface area (Å²) < 4.78 is 0. The molecule has 0 atom stereocenters. The second kappa shape index (κ2) is 5.11. The number of aliphatic hydroxyl groups is 2. The van der Waals surface area contributed by atoms with E-state index in [4.69, 9.17) is 15.3 Å². The second-order valence-electron chi connectivity index (χ2n) is 4.18. The van der Waals surface area contributed by atoms with Gasteiger partial charge in [-0.2, -0.15) is 0 Å². The monoisotopic (exact) mass is 240 g/mol. The van der Waals surface area contributed by atoms with E-state index in [1.54, 1.807) is 19.9 Å². The molecule has 1 aromatic rings. The first-order valence-corrected chi connectivity index (χ1v) is 5.12. The summed E-state index contributed by atoms with van der Waals surface area (Å²) in [4.78, 5) is 14.9. The summed E-state index contributed by atoms with van der Waals surface area (Å²) in [6.45, 7) is 2.69. The van der Waals surface area contributed by atoms with Crippen molar-refractivity contribution >= 4 is 11.7 Å². The summed E-state index contributed by atoms with van der Waals surface area (Å²) in [5, 5.41) is 30.1. The second-order valence-corrected chi connectivity index (χ2v) is 4.18. The molecule has 94 valence electrons. The Hall–Kier alpha value is -1.66. The Morgan fingerprint density at radius 1 is 1.47 bits per heavy atom. The molecular weight excluding hydrogens is 224 g/mol. The van der Waals surface area contributed by atoms with Crippen molar-refractivity contribution in [3.05, 3.63) is 23.5 Å². The maximum atomic E-state index is 11.0. The van der Waals surface area contributed by atoms with Crippen LogP contribution in [-0.2, 0) is 0 Å². The average molecular weight is 240 g/mol. The van der Waals surface area contributed by atoms with Crippen LogP contribution in [0.5, 0.6) is 0 Å². The van der Waals surface area contributed by atoms with Crippen LogP contribution < -0.4 is 5.32 Å². The van der Waals surface area contributed by atoms with Crippen LogP contribution in [0.15, 0.2) is 12.3 Å². The van der Waals surface area contributed by atoms with Crippen molar-refractivity contribution < 1.29 is 20.1 Å². The fourth-order valence-corrected chi connectivity index (χ4v) is 1.29. The lowest BCUT2D eigenvalue weighted by molar-refractivity contribution is 0.0696. The van der Waals surface area contributed by atoms with Gasteiger partial charge in [-0.3, -0.25) is 4.98 Å². The highest BCUT2D eigenvalue weighted by molar-refractivity contribution is 5.94. The van der Waals surface area contributed by atoms with E-state index in [0.717, 1.165) is 0 Å². The predicted octanol–water partition coefficient (Wildman–Crippen LogP) is 0.243. The Bertz CT molecular complexity index is 416. The maximum Gasteiger partial charge on any atom is 0.339 e. The number of nitrogens with zero attached hydrogens (tertiary/aromatic N) is 1. The van der Waals surface area contributed by atoms with Gasteiger partial charge in [0.15, 0.2) is 0 Å². The van der Waals surface area contributed by atoms with Gasteiger partial charge in [0, 0.05) is 11.9 Å². The molecule has 0 spiro atoms. The highest BCUT2D eigenvalue weighted by Gasteiger charge is 2.24. The lowest BCUT2D eigenvalue weighted by Crippen LogP contribution is -2.43. The third-order valence-corrected chi connectivity index (χ3v) is 2.41. The van der Waals surface area contributed by atoms with Crippen LogP contribution in [0.2, 0.25) is 0 Å². The molecule has 1 rings (SSSR count). The minimum Gasteiger partial charge on any atom is -0.478 e. The molecule has 0 bridgehead atoms. The molecular formula is C11H16N2O4. The number of hydrogen-bond acceptors (Lipinski definition) is 5. The SMILES string of the molecule is Cc1cc(NC(C)(CO)CO)c(C(=O)O)cn1. The van der Waals surface area contributed by atoms with Crippen molar-refractivity contribution in [2.45, 2.75) is 19.4 Å². The van der Waals surface area contributed by atoms with E-state index in [2.05, 4.69) is 10.3 Å². The average Bonchev–Trinajstić information content (AvgIpc) is 2.28. The molecule has 0 aliphatic rings. The summed E-state index contributed by atoms with van der Waals surface area (Å²) in [7, 11) is 0. The molecule has 0 saturated heterocycles. The molecule has 17 heavy (non-hydrogen) atoms. The number of aryl methyl sites for hydroxylation is 1. The molecule has 0 fully saturated rings. The first-order valence-electron chi connectivity index (χ1n) is 5.12. The van der Waals surface area contributed by atoms with E-state index in [0.29, 0.717) is 11.4 Å². The first kappa shape index (κ1) is 13.4. The Balaban J connectivity index is 3.12. The van der Waals surface area contributed by atoms with Gasteiger partial charge in [-0.1, -0.05) is 0 Å². The summed E-state index contributed by atoms with van der Waals surface area (Å²) in [5.41, 5.74) is 0.00732. The van der Waals surface area contributed by atoms with Crippen LogP contribution in [0, 0.1) is 6.92 Å². The Morgan fingerprint density at radius 2 is 2.06 bits per heavy atom. The van der Waals surface area contributed by atoms with E-state index < -0.39 is 11.5 Å². The molecule has 0 amide bonds. The van der Waals surface area contributed by atoms with Crippen LogP contribution in [0.1, 0.15) is 23.0 Å². The fraction of sp³-hybridized carbons (Fsp3) is 0.455. The highest BCUT2D eigenvalue weighted by atomic mass is 16.4. The quantitative estimate of drug-likeness (QED) is 0.588. The predicted molar refractivity (Wildman–Crippen MR) is 62.1 cm³/mol. The highest BCUT2D eigenvalue weighted by Crippen LogP contribution is 2.20. The molecule has 0 aromatic carbocycles. The third kappa shape index (κ3) is 3.15. The van der Waals surface area contributed by atoms with Gasteiger partial charge in [-0.05, 0) is 19.9 Å². The number of aromatic nitrogens is 1. The van der Waals surface area contributed by atoms with Gasteiger partial charge < -0.3 is 20.6 Å². The van der Waals surface area contributed by atoms with Gasteiger partial charge >= 0.3 is 5.97 Å². The zero-order valence-corrected chi connectivity index (χ0v) is 9.77. The molecule has 0 radical (unpaired) electrons. The van der Waals surface area contributed by atoms with Gasteiger partial charge in [0.25, 0.3) is 0 Å². The number of hydrogen-bond donors (Lipinski definition) is 4. The minimum absolute atomic E-state index is 0.00345. The number of rotatable bonds is 5. The van der Waals surface area contributed by atoms with Crippen LogP contribution >= 0.6 is 0 Å². The lowest BCUT2D eigenvalue weighted by Gasteiger charge is -2.28. The van der Waals surface area contributed by atoms with Gasteiger partial charge in [-0.25, -0.2) is 4.79 Å². The van der Waals surface area contributed by atoms with E-state index in [-0.39, 0.29) is 18.8 Å².